The lowest BCUT2D eigenvalue weighted by atomic mass is 10.1. The molecule has 1 fully saturated rings. The number of benzene rings is 1. The lowest BCUT2D eigenvalue weighted by molar-refractivity contribution is 0.181. The number of aryl methyl sites for hydroxylation is 1. The minimum atomic E-state index is -0.142. The number of amides is 2. The minimum absolute atomic E-state index is 0.114. The minimum Gasteiger partial charge on any atom is -0.496 e. The van der Waals surface area contributed by atoms with Gasteiger partial charge in [0, 0.05) is 44.3 Å². The molecule has 8 nitrogen and oxygen atoms in total. The van der Waals surface area contributed by atoms with E-state index in [2.05, 4.69) is 15.5 Å². The Labute approximate surface area is 146 Å². The predicted octanol–water partition coefficient (Wildman–Crippen LogP) is 2.55. The maximum atomic E-state index is 12.5. The quantitative estimate of drug-likeness (QED) is 0.895. The van der Waals surface area contributed by atoms with Gasteiger partial charge in [-0.15, -0.1) is 0 Å². The van der Waals surface area contributed by atoms with Crippen LogP contribution in [-0.2, 0) is 11.3 Å². The first kappa shape index (κ1) is 17.2. The highest BCUT2D eigenvalue weighted by Crippen LogP contribution is 2.27. The number of rotatable bonds is 5. The van der Waals surface area contributed by atoms with Crippen molar-refractivity contribution in [3.63, 3.8) is 0 Å². The number of carbonyl (C=O) groups is 1. The van der Waals surface area contributed by atoms with Gasteiger partial charge in [0.25, 0.3) is 0 Å². The summed E-state index contributed by atoms with van der Waals surface area (Å²) < 4.78 is 15.5. The van der Waals surface area contributed by atoms with Crippen LogP contribution in [0.5, 0.6) is 5.75 Å². The molecule has 0 aliphatic carbocycles. The van der Waals surface area contributed by atoms with Crippen molar-refractivity contribution in [3.8, 4) is 5.75 Å². The summed E-state index contributed by atoms with van der Waals surface area (Å²) in [5.41, 5.74) is 1.58. The smallest absolute Gasteiger partial charge is 0.321 e. The molecule has 134 valence electrons. The third-order valence-corrected chi connectivity index (χ3v) is 4.22. The maximum Gasteiger partial charge on any atom is 0.321 e. The van der Waals surface area contributed by atoms with Crippen LogP contribution in [0, 0.1) is 6.92 Å². The Bertz CT molecular complexity index is 746. The van der Waals surface area contributed by atoms with E-state index in [1.165, 1.54) is 0 Å². The molecule has 1 saturated heterocycles. The molecule has 1 aromatic heterocycles. The van der Waals surface area contributed by atoms with Gasteiger partial charge >= 0.3 is 6.03 Å². The number of likely N-dealkylation sites (tertiary alicyclic amines) is 1. The summed E-state index contributed by atoms with van der Waals surface area (Å²) >= 11 is 0. The average Bonchev–Trinajstić information content (AvgIpc) is 3.24. The molecule has 1 aliphatic heterocycles. The van der Waals surface area contributed by atoms with Gasteiger partial charge in [-0.25, -0.2) is 4.79 Å². The van der Waals surface area contributed by atoms with Gasteiger partial charge in [0.2, 0.25) is 5.89 Å². The van der Waals surface area contributed by atoms with Crippen LogP contribution < -0.4 is 10.1 Å². The van der Waals surface area contributed by atoms with Crippen molar-refractivity contribution >= 4 is 11.7 Å². The molecule has 25 heavy (non-hydrogen) atoms. The molecule has 1 aliphatic rings. The molecule has 2 amide bonds. The van der Waals surface area contributed by atoms with Crippen molar-refractivity contribution in [2.75, 3.05) is 32.6 Å². The van der Waals surface area contributed by atoms with E-state index in [-0.39, 0.29) is 11.9 Å². The fraction of sp³-hybridized carbons (Fsp3) is 0.471. The number of anilines is 1. The highest BCUT2D eigenvalue weighted by atomic mass is 16.5. The first-order valence-electron chi connectivity index (χ1n) is 8.12. The van der Waals surface area contributed by atoms with Crippen LogP contribution in [0.2, 0.25) is 0 Å². The summed E-state index contributed by atoms with van der Waals surface area (Å²) in [5.74, 6) is 2.05. The van der Waals surface area contributed by atoms with Crippen molar-refractivity contribution in [2.45, 2.75) is 25.9 Å². The van der Waals surface area contributed by atoms with E-state index in [4.69, 9.17) is 14.0 Å². The van der Waals surface area contributed by atoms with E-state index < -0.39 is 0 Å². The summed E-state index contributed by atoms with van der Waals surface area (Å²) in [5, 5.41) is 6.88. The summed E-state index contributed by atoms with van der Waals surface area (Å²) in [7, 11) is 3.23. The van der Waals surface area contributed by atoms with Crippen molar-refractivity contribution in [3.05, 3.63) is 35.5 Å². The van der Waals surface area contributed by atoms with Gasteiger partial charge in [-0.2, -0.15) is 4.98 Å². The molecule has 1 unspecified atom stereocenters. The largest absolute Gasteiger partial charge is 0.496 e. The van der Waals surface area contributed by atoms with Gasteiger partial charge in [0.15, 0.2) is 5.82 Å². The molecule has 2 heterocycles. The summed E-state index contributed by atoms with van der Waals surface area (Å²) in [6.45, 7) is 3.41. The Hall–Kier alpha value is -2.61. The Morgan fingerprint density at radius 2 is 2.28 bits per heavy atom. The highest BCUT2D eigenvalue weighted by molar-refractivity contribution is 5.89. The summed E-state index contributed by atoms with van der Waals surface area (Å²) in [4.78, 5) is 18.5. The van der Waals surface area contributed by atoms with Gasteiger partial charge in [-0.3, -0.25) is 0 Å². The van der Waals surface area contributed by atoms with Gasteiger partial charge in [0.05, 0.1) is 13.7 Å². The molecule has 2 aromatic rings. The second-order valence-electron chi connectivity index (χ2n) is 5.99. The molecule has 0 radical (unpaired) electrons. The Morgan fingerprint density at radius 3 is 2.96 bits per heavy atom. The Morgan fingerprint density at radius 1 is 1.44 bits per heavy atom. The van der Waals surface area contributed by atoms with Crippen LogP contribution in [-0.4, -0.2) is 48.4 Å². The number of hydrogen-bond donors (Lipinski definition) is 1. The van der Waals surface area contributed by atoms with E-state index in [0.717, 1.165) is 17.7 Å². The number of ether oxygens (including phenoxy) is 2. The third-order valence-electron chi connectivity index (χ3n) is 4.22. The number of hydrogen-bond acceptors (Lipinski definition) is 6. The zero-order valence-corrected chi connectivity index (χ0v) is 14.6. The standard InChI is InChI=1S/C17H22N4O4/c1-11-18-16(20-25-11)12-6-7-21(9-12)17(22)19-14-4-5-15(24-3)13(8-14)10-23-2/h4-5,8,12H,6-7,9-10H2,1-3H3,(H,19,22). The number of carbonyl (C=O) groups excluding carboxylic acids is 1. The van der Waals surface area contributed by atoms with Crippen LogP contribution in [0.15, 0.2) is 22.7 Å². The number of methoxy groups -OCH3 is 2. The van der Waals surface area contributed by atoms with Crippen LogP contribution in [0.25, 0.3) is 0 Å². The predicted molar refractivity (Wildman–Crippen MR) is 90.7 cm³/mol. The Balaban J connectivity index is 1.63. The van der Waals surface area contributed by atoms with Crippen LogP contribution in [0.1, 0.15) is 29.6 Å². The summed E-state index contributed by atoms with van der Waals surface area (Å²) in [6.07, 6.45) is 0.823. The number of nitrogens with zero attached hydrogens (tertiary/aromatic N) is 3. The van der Waals surface area contributed by atoms with Gasteiger partial charge in [-0.05, 0) is 24.6 Å². The molecule has 3 rings (SSSR count). The van der Waals surface area contributed by atoms with Crippen LogP contribution in [0.4, 0.5) is 10.5 Å². The molecular formula is C17H22N4O4. The van der Waals surface area contributed by atoms with E-state index in [1.54, 1.807) is 26.0 Å². The highest BCUT2D eigenvalue weighted by Gasteiger charge is 2.30. The topological polar surface area (TPSA) is 89.7 Å². The zero-order valence-electron chi connectivity index (χ0n) is 14.6. The molecule has 1 aromatic carbocycles. The second kappa shape index (κ2) is 7.52. The van der Waals surface area contributed by atoms with Crippen molar-refractivity contribution < 1.29 is 18.8 Å². The first-order chi connectivity index (χ1) is 12.1. The van der Waals surface area contributed by atoms with Gasteiger partial charge in [0.1, 0.15) is 5.75 Å². The molecule has 8 heteroatoms. The first-order valence-corrected chi connectivity index (χ1v) is 8.12. The SMILES string of the molecule is COCc1cc(NC(=O)N2CCC(c3noc(C)n3)C2)ccc1OC. The van der Waals surface area contributed by atoms with Gasteiger partial charge < -0.3 is 24.2 Å². The number of urea groups is 1. The second-order valence-corrected chi connectivity index (χ2v) is 5.99. The molecule has 0 saturated carbocycles. The van der Waals surface area contributed by atoms with E-state index in [1.807, 2.05) is 18.2 Å². The lowest BCUT2D eigenvalue weighted by Gasteiger charge is -2.18. The molecule has 0 bridgehead atoms. The van der Waals surface area contributed by atoms with Crippen molar-refractivity contribution in [1.82, 2.24) is 15.0 Å². The average molecular weight is 346 g/mol. The fourth-order valence-corrected chi connectivity index (χ4v) is 2.96. The fourth-order valence-electron chi connectivity index (χ4n) is 2.96. The Kier molecular flexibility index (Phi) is 5.18. The van der Waals surface area contributed by atoms with E-state index in [9.17, 15) is 4.79 Å². The van der Waals surface area contributed by atoms with Crippen LogP contribution in [0.3, 0.4) is 0 Å². The molecule has 0 spiro atoms. The van der Waals surface area contributed by atoms with E-state index >= 15 is 0 Å². The third kappa shape index (κ3) is 3.90. The molecule has 1 atom stereocenters. The van der Waals surface area contributed by atoms with Crippen molar-refractivity contribution in [1.29, 1.82) is 0 Å². The molecular weight excluding hydrogens is 324 g/mol. The normalized spacial score (nSPS) is 16.9. The lowest BCUT2D eigenvalue weighted by Crippen LogP contribution is -2.32. The zero-order chi connectivity index (χ0) is 17.8. The van der Waals surface area contributed by atoms with E-state index in [0.29, 0.717) is 37.1 Å². The summed E-state index contributed by atoms with van der Waals surface area (Å²) in [6, 6.07) is 5.34. The van der Waals surface area contributed by atoms with Crippen molar-refractivity contribution in [2.24, 2.45) is 0 Å². The number of nitrogens with one attached hydrogen (secondary N) is 1. The number of aromatic nitrogens is 2. The van der Waals surface area contributed by atoms with Crippen LogP contribution >= 0.6 is 0 Å². The van der Waals surface area contributed by atoms with Gasteiger partial charge in [-0.1, -0.05) is 5.16 Å². The monoisotopic (exact) mass is 346 g/mol. The maximum absolute atomic E-state index is 12.5. The molecule has 1 N–H and O–H groups in total.